The summed E-state index contributed by atoms with van der Waals surface area (Å²) in [4.78, 5) is 7.74. The highest BCUT2D eigenvalue weighted by Crippen LogP contribution is 2.15. The van der Waals surface area contributed by atoms with E-state index in [-0.39, 0.29) is 0 Å². The number of rotatable bonds is 5. The van der Waals surface area contributed by atoms with Crippen molar-refractivity contribution in [3.05, 3.63) is 18.2 Å². The third kappa shape index (κ3) is 3.46. The van der Waals surface area contributed by atoms with E-state index in [0.29, 0.717) is 17.9 Å². The smallest absolute Gasteiger partial charge is 0.222 e. The lowest BCUT2D eigenvalue weighted by Crippen LogP contribution is -2.26. The molecule has 3 nitrogen and oxygen atoms in total. The van der Waals surface area contributed by atoms with E-state index in [9.17, 15) is 4.39 Å². The number of hydrogen-bond acceptors (Lipinski definition) is 3. The summed E-state index contributed by atoms with van der Waals surface area (Å²) in [6.07, 6.45) is 4.58. The van der Waals surface area contributed by atoms with Gasteiger partial charge in [-0.25, -0.2) is 14.4 Å². The zero-order valence-corrected chi connectivity index (χ0v) is 9.50. The van der Waals surface area contributed by atoms with E-state index in [1.807, 2.05) is 0 Å². The van der Waals surface area contributed by atoms with E-state index in [2.05, 4.69) is 36.1 Å². The molecule has 0 aliphatic carbocycles. The van der Waals surface area contributed by atoms with Gasteiger partial charge in [-0.1, -0.05) is 26.7 Å². The fourth-order valence-electron chi connectivity index (χ4n) is 1.70. The molecule has 0 amide bonds. The van der Waals surface area contributed by atoms with Gasteiger partial charge in [0, 0.05) is 6.04 Å². The van der Waals surface area contributed by atoms with Crippen molar-refractivity contribution in [2.45, 2.75) is 39.7 Å². The topological polar surface area (TPSA) is 37.8 Å². The molecule has 0 saturated heterocycles. The summed E-state index contributed by atoms with van der Waals surface area (Å²) in [5.41, 5.74) is 0. The van der Waals surface area contributed by atoms with Crippen LogP contribution in [0.4, 0.5) is 10.3 Å². The summed E-state index contributed by atoms with van der Waals surface area (Å²) in [7, 11) is 0. The SMILES string of the molecule is CCC(CC)C(C)Nc1ncc(F)cn1. The maximum atomic E-state index is 12.6. The minimum absolute atomic E-state index is 0.311. The van der Waals surface area contributed by atoms with Crippen LogP contribution in [0.15, 0.2) is 12.4 Å². The van der Waals surface area contributed by atoms with Crippen LogP contribution in [0.5, 0.6) is 0 Å². The molecule has 0 radical (unpaired) electrons. The van der Waals surface area contributed by atoms with Crippen LogP contribution in [0.3, 0.4) is 0 Å². The van der Waals surface area contributed by atoms with Crippen LogP contribution >= 0.6 is 0 Å². The maximum Gasteiger partial charge on any atom is 0.222 e. The lowest BCUT2D eigenvalue weighted by molar-refractivity contribution is 0.436. The molecule has 0 saturated carbocycles. The molecule has 0 aliphatic heterocycles. The Morgan fingerprint density at radius 1 is 1.27 bits per heavy atom. The van der Waals surface area contributed by atoms with Crippen molar-refractivity contribution in [3.8, 4) is 0 Å². The maximum absolute atomic E-state index is 12.6. The molecule has 0 aromatic carbocycles. The van der Waals surface area contributed by atoms with E-state index in [1.54, 1.807) is 0 Å². The quantitative estimate of drug-likeness (QED) is 0.813. The van der Waals surface area contributed by atoms with Crippen molar-refractivity contribution >= 4 is 5.95 Å². The average Bonchev–Trinajstić information content (AvgIpc) is 2.23. The van der Waals surface area contributed by atoms with Gasteiger partial charge < -0.3 is 5.32 Å². The molecule has 84 valence electrons. The second-order valence-electron chi connectivity index (χ2n) is 3.73. The predicted molar refractivity (Wildman–Crippen MR) is 59.1 cm³/mol. The molecule has 1 atom stereocenters. The van der Waals surface area contributed by atoms with E-state index in [1.165, 1.54) is 12.4 Å². The van der Waals surface area contributed by atoms with Crippen LogP contribution in [0.25, 0.3) is 0 Å². The van der Waals surface area contributed by atoms with Crippen LogP contribution in [0.1, 0.15) is 33.6 Å². The summed E-state index contributed by atoms with van der Waals surface area (Å²) in [5, 5.41) is 3.18. The first kappa shape index (κ1) is 11.9. The van der Waals surface area contributed by atoms with Crippen LogP contribution in [-0.2, 0) is 0 Å². The molecule has 0 fully saturated rings. The molecule has 1 aromatic rings. The summed E-state index contributed by atoms with van der Waals surface area (Å²) >= 11 is 0. The van der Waals surface area contributed by atoms with Gasteiger partial charge in [0.1, 0.15) is 0 Å². The van der Waals surface area contributed by atoms with Crippen LogP contribution in [0.2, 0.25) is 0 Å². The summed E-state index contributed by atoms with van der Waals surface area (Å²) in [5.74, 6) is 0.685. The Hall–Kier alpha value is -1.19. The molecular formula is C11H18FN3. The number of aromatic nitrogens is 2. The van der Waals surface area contributed by atoms with Gasteiger partial charge in [0.2, 0.25) is 5.95 Å². The third-order valence-electron chi connectivity index (χ3n) is 2.73. The second kappa shape index (κ2) is 5.63. The Labute approximate surface area is 90.1 Å². The van der Waals surface area contributed by atoms with Crippen LogP contribution < -0.4 is 5.32 Å². The van der Waals surface area contributed by atoms with Gasteiger partial charge in [0.15, 0.2) is 5.82 Å². The summed E-state index contributed by atoms with van der Waals surface area (Å²) in [6, 6.07) is 0.311. The van der Waals surface area contributed by atoms with Gasteiger partial charge in [0.25, 0.3) is 0 Å². The molecule has 0 spiro atoms. The summed E-state index contributed by atoms with van der Waals surface area (Å²) in [6.45, 7) is 6.43. The van der Waals surface area contributed by atoms with Crippen LogP contribution in [-0.4, -0.2) is 16.0 Å². The zero-order valence-electron chi connectivity index (χ0n) is 9.50. The lowest BCUT2D eigenvalue weighted by atomic mass is 9.96. The Bertz CT molecular complexity index is 282. The Balaban J connectivity index is 2.57. The molecule has 0 bridgehead atoms. The van der Waals surface area contributed by atoms with Crippen molar-refractivity contribution < 1.29 is 4.39 Å². The largest absolute Gasteiger partial charge is 0.351 e. The highest BCUT2D eigenvalue weighted by molar-refractivity contribution is 5.24. The van der Waals surface area contributed by atoms with Gasteiger partial charge in [-0.05, 0) is 12.8 Å². The zero-order chi connectivity index (χ0) is 11.3. The van der Waals surface area contributed by atoms with Gasteiger partial charge in [-0.15, -0.1) is 0 Å². The van der Waals surface area contributed by atoms with Crippen molar-refractivity contribution in [3.63, 3.8) is 0 Å². The van der Waals surface area contributed by atoms with Gasteiger partial charge >= 0.3 is 0 Å². The molecule has 0 aliphatic rings. The first-order valence-corrected chi connectivity index (χ1v) is 5.41. The fraction of sp³-hybridized carbons (Fsp3) is 0.636. The molecule has 1 unspecified atom stereocenters. The fourth-order valence-corrected chi connectivity index (χ4v) is 1.70. The Kier molecular flexibility index (Phi) is 4.46. The van der Waals surface area contributed by atoms with E-state index < -0.39 is 5.82 Å². The monoisotopic (exact) mass is 211 g/mol. The molecule has 1 heterocycles. The normalized spacial score (nSPS) is 12.9. The average molecular weight is 211 g/mol. The predicted octanol–water partition coefficient (Wildman–Crippen LogP) is 2.85. The van der Waals surface area contributed by atoms with E-state index in [4.69, 9.17) is 0 Å². The minimum atomic E-state index is -0.407. The first-order valence-electron chi connectivity index (χ1n) is 5.41. The third-order valence-corrected chi connectivity index (χ3v) is 2.73. The van der Waals surface area contributed by atoms with E-state index in [0.717, 1.165) is 12.8 Å². The van der Waals surface area contributed by atoms with Crippen molar-refractivity contribution in [2.75, 3.05) is 5.32 Å². The second-order valence-corrected chi connectivity index (χ2v) is 3.73. The summed E-state index contributed by atoms with van der Waals surface area (Å²) < 4.78 is 12.6. The molecule has 4 heteroatoms. The van der Waals surface area contributed by atoms with Gasteiger partial charge in [-0.2, -0.15) is 0 Å². The Morgan fingerprint density at radius 3 is 2.27 bits per heavy atom. The standard InChI is InChI=1S/C11H18FN3/c1-4-9(5-2)8(3)15-11-13-6-10(12)7-14-11/h6-9H,4-5H2,1-3H3,(H,13,14,15). The molecule has 1 N–H and O–H groups in total. The number of nitrogens with zero attached hydrogens (tertiary/aromatic N) is 2. The molecule has 1 rings (SSSR count). The first-order chi connectivity index (χ1) is 7.17. The van der Waals surface area contributed by atoms with Crippen molar-refractivity contribution in [1.29, 1.82) is 0 Å². The number of hydrogen-bond donors (Lipinski definition) is 1. The number of halogens is 1. The number of anilines is 1. The van der Waals surface area contributed by atoms with Crippen LogP contribution in [0, 0.1) is 11.7 Å². The van der Waals surface area contributed by atoms with Gasteiger partial charge in [-0.3, -0.25) is 0 Å². The van der Waals surface area contributed by atoms with Gasteiger partial charge in [0.05, 0.1) is 12.4 Å². The molecule has 1 aromatic heterocycles. The minimum Gasteiger partial charge on any atom is -0.351 e. The van der Waals surface area contributed by atoms with Crippen molar-refractivity contribution in [2.24, 2.45) is 5.92 Å². The molecule has 15 heavy (non-hydrogen) atoms. The van der Waals surface area contributed by atoms with Crippen molar-refractivity contribution in [1.82, 2.24) is 9.97 Å². The van der Waals surface area contributed by atoms with E-state index >= 15 is 0 Å². The lowest BCUT2D eigenvalue weighted by Gasteiger charge is -2.22. The highest BCUT2D eigenvalue weighted by Gasteiger charge is 2.13. The highest BCUT2D eigenvalue weighted by atomic mass is 19.1. The number of nitrogens with one attached hydrogen (secondary N) is 1. The Morgan fingerprint density at radius 2 is 1.80 bits per heavy atom. The molecular weight excluding hydrogens is 193 g/mol.